The summed E-state index contributed by atoms with van der Waals surface area (Å²) in [5.74, 6) is -3.82. The first-order valence-electron chi connectivity index (χ1n) is 5.48. The molecule has 0 spiro atoms. The van der Waals surface area contributed by atoms with E-state index in [4.69, 9.17) is 10.3 Å². The average Bonchev–Trinajstić information content (AvgIpc) is 2.27. The lowest BCUT2D eigenvalue weighted by Crippen LogP contribution is -2.42. The van der Waals surface area contributed by atoms with Gasteiger partial charge in [-0.15, -0.1) is 5.59 Å². The van der Waals surface area contributed by atoms with E-state index in [0.29, 0.717) is 12.8 Å². The van der Waals surface area contributed by atoms with Crippen LogP contribution in [0.15, 0.2) is 0 Å². The molecular formula is C10H18N2O5. The van der Waals surface area contributed by atoms with Crippen molar-refractivity contribution in [3.05, 3.63) is 0 Å². The summed E-state index contributed by atoms with van der Waals surface area (Å²) in [5, 5.41) is 16.9. The minimum Gasteiger partial charge on any atom is -0.481 e. The molecule has 1 amide bonds. The number of carbonyl (C=O) groups is 3. The number of hydrazine groups is 1. The summed E-state index contributed by atoms with van der Waals surface area (Å²) in [4.78, 5) is 33.2. The number of rotatable bonds is 9. The smallest absolute Gasteiger partial charge is 0.304 e. The van der Waals surface area contributed by atoms with Gasteiger partial charge in [0.25, 0.3) is 0 Å². The highest BCUT2D eigenvalue weighted by Crippen LogP contribution is 2.15. The number of Topliss-reactive ketones (excluding diaryl/α,β-unsaturated/α-hetero) is 1. The van der Waals surface area contributed by atoms with Crippen LogP contribution in [-0.4, -0.2) is 28.0 Å². The Kier molecular flexibility index (Phi) is 7.91. The molecule has 0 saturated heterocycles. The molecule has 0 aliphatic rings. The van der Waals surface area contributed by atoms with Crippen LogP contribution in [0.1, 0.15) is 39.0 Å². The molecule has 98 valence electrons. The molecule has 4 N–H and O–H groups in total. The topological polar surface area (TPSA) is 116 Å². The lowest BCUT2D eigenvalue weighted by atomic mass is 9.93. The summed E-state index contributed by atoms with van der Waals surface area (Å²) >= 11 is 0. The number of aliphatic carboxylic acids is 1. The molecule has 0 radical (unpaired) electrons. The minimum absolute atomic E-state index is 0.359. The van der Waals surface area contributed by atoms with Gasteiger partial charge in [-0.3, -0.25) is 25.0 Å². The van der Waals surface area contributed by atoms with E-state index in [2.05, 4.69) is 0 Å². The summed E-state index contributed by atoms with van der Waals surface area (Å²) in [5.41, 5.74) is 3.07. The fraction of sp³-hybridized carbons (Fsp3) is 0.700. The first-order chi connectivity index (χ1) is 8.02. The van der Waals surface area contributed by atoms with Gasteiger partial charge >= 0.3 is 11.9 Å². The fourth-order valence-electron chi connectivity index (χ4n) is 1.48. The van der Waals surface area contributed by atoms with Crippen LogP contribution < -0.4 is 11.0 Å². The van der Waals surface area contributed by atoms with Gasteiger partial charge in [0, 0.05) is 5.92 Å². The van der Waals surface area contributed by atoms with Crippen LogP contribution in [0.5, 0.6) is 0 Å². The Labute approximate surface area is 99.1 Å². The number of ketones is 1. The van der Waals surface area contributed by atoms with E-state index in [9.17, 15) is 14.4 Å². The maximum absolute atomic E-state index is 11.5. The van der Waals surface area contributed by atoms with Crippen molar-refractivity contribution in [2.75, 3.05) is 0 Å². The molecule has 0 fully saturated rings. The SMILES string of the molecule is CCCCCC(CC(=O)O)C(=O)C(=O)NNO. The van der Waals surface area contributed by atoms with Crippen LogP contribution in [0.25, 0.3) is 0 Å². The molecule has 0 heterocycles. The lowest BCUT2D eigenvalue weighted by Gasteiger charge is -2.12. The first kappa shape index (κ1) is 15.5. The Hall–Kier alpha value is -1.47. The molecule has 1 atom stereocenters. The summed E-state index contributed by atoms with van der Waals surface area (Å²) in [6.45, 7) is 1.98. The molecule has 0 aromatic rings. The number of carboxylic acid groups (broad SMARTS) is 1. The van der Waals surface area contributed by atoms with Crippen molar-refractivity contribution in [2.24, 2.45) is 5.92 Å². The first-order valence-corrected chi connectivity index (χ1v) is 5.48. The normalized spacial score (nSPS) is 11.9. The number of hydrogen-bond donors (Lipinski definition) is 4. The third kappa shape index (κ3) is 6.64. The van der Waals surface area contributed by atoms with Gasteiger partial charge in [-0.05, 0) is 6.42 Å². The van der Waals surface area contributed by atoms with Crippen molar-refractivity contribution in [1.82, 2.24) is 11.0 Å². The molecule has 0 aliphatic heterocycles. The van der Waals surface area contributed by atoms with Crippen molar-refractivity contribution >= 4 is 17.7 Å². The van der Waals surface area contributed by atoms with E-state index in [1.54, 1.807) is 5.43 Å². The van der Waals surface area contributed by atoms with Crippen LogP contribution in [-0.2, 0) is 14.4 Å². The number of carboxylic acids is 1. The molecule has 0 saturated carbocycles. The molecule has 7 heteroatoms. The van der Waals surface area contributed by atoms with E-state index in [1.165, 1.54) is 5.59 Å². The van der Waals surface area contributed by atoms with E-state index >= 15 is 0 Å². The Balaban J connectivity index is 4.38. The highest BCUT2D eigenvalue weighted by atomic mass is 16.5. The molecular weight excluding hydrogens is 228 g/mol. The summed E-state index contributed by atoms with van der Waals surface area (Å²) in [6.07, 6.45) is 2.50. The fourth-order valence-corrected chi connectivity index (χ4v) is 1.48. The second-order valence-electron chi connectivity index (χ2n) is 3.72. The van der Waals surface area contributed by atoms with Crippen molar-refractivity contribution in [1.29, 1.82) is 0 Å². The van der Waals surface area contributed by atoms with E-state index in [1.807, 2.05) is 6.92 Å². The van der Waals surface area contributed by atoms with Gasteiger partial charge in [-0.1, -0.05) is 26.2 Å². The quantitative estimate of drug-likeness (QED) is 0.263. The van der Waals surface area contributed by atoms with Crippen molar-refractivity contribution in [3.63, 3.8) is 0 Å². The number of unbranched alkanes of at least 4 members (excludes halogenated alkanes) is 2. The predicted molar refractivity (Wildman–Crippen MR) is 58.0 cm³/mol. The molecule has 7 nitrogen and oxygen atoms in total. The van der Waals surface area contributed by atoms with Crippen LogP contribution >= 0.6 is 0 Å². The van der Waals surface area contributed by atoms with Crippen LogP contribution in [0.4, 0.5) is 0 Å². The molecule has 0 aromatic carbocycles. The van der Waals surface area contributed by atoms with E-state index in [-0.39, 0.29) is 6.42 Å². The van der Waals surface area contributed by atoms with Gasteiger partial charge in [0.2, 0.25) is 5.78 Å². The Bertz CT molecular complexity index is 280. The van der Waals surface area contributed by atoms with Gasteiger partial charge in [-0.25, -0.2) is 0 Å². The van der Waals surface area contributed by atoms with Gasteiger partial charge < -0.3 is 5.11 Å². The van der Waals surface area contributed by atoms with Crippen LogP contribution in [0, 0.1) is 5.92 Å². The third-order valence-corrected chi connectivity index (χ3v) is 2.34. The average molecular weight is 246 g/mol. The minimum atomic E-state index is -1.12. The lowest BCUT2D eigenvalue weighted by molar-refractivity contribution is -0.146. The molecule has 17 heavy (non-hydrogen) atoms. The summed E-state index contributed by atoms with van der Waals surface area (Å²) in [6, 6.07) is 0. The van der Waals surface area contributed by atoms with E-state index in [0.717, 1.165) is 12.8 Å². The number of carbonyl (C=O) groups excluding carboxylic acids is 2. The predicted octanol–water partition coefficient (Wildman–Crippen LogP) is 0.237. The van der Waals surface area contributed by atoms with Crippen molar-refractivity contribution in [3.8, 4) is 0 Å². The molecule has 0 bridgehead atoms. The Morgan fingerprint density at radius 1 is 1.24 bits per heavy atom. The monoisotopic (exact) mass is 246 g/mol. The molecule has 0 rings (SSSR count). The second-order valence-corrected chi connectivity index (χ2v) is 3.72. The standard InChI is InChI=1S/C10H18N2O5/c1-2-3-4-5-7(6-8(13)14)9(15)10(16)11-12-17/h7,12,17H,2-6H2,1H3,(H,11,16)(H,13,14). The zero-order chi connectivity index (χ0) is 13.3. The maximum Gasteiger partial charge on any atom is 0.304 e. The van der Waals surface area contributed by atoms with Crippen LogP contribution in [0.2, 0.25) is 0 Å². The Morgan fingerprint density at radius 3 is 2.35 bits per heavy atom. The van der Waals surface area contributed by atoms with Gasteiger partial charge in [0.05, 0.1) is 6.42 Å². The summed E-state index contributed by atoms with van der Waals surface area (Å²) in [7, 11) is 0. The van der Waals surface area contributed by atoms with Gasteiger partial charge in [0.15, 0.2) is 0 Å². The van der Waals surface area contributed by atoms with E-state index < -0.39 is 23.6 Å². The van der Waals surface area contributed by atoms with Gasteiger partial charge in [-0.2, -0.15) is 0 Å². The number of nitrogens with one attached hydrogen (secondary N) is 2. The molecule has 1 unspecified atom stereocenters. The zero-order valence-corrected chi connectivity index (χ0v) is 9.73. The third-order valence-electron chi connectivity index (χ3n) is 2.34. The highest BCUT2D eigenvalue weighted by molar-refractivity contribution is 6.37. The largest absolute Gasteiger partial charge is 0.481 e. The molecule has 0 aromatic heterocycles. The Morgan fingerprint density at radius 2 is 1.88 bits per heavy atom. The second kappa shape index (κ2) is 8.66. The van der Waals surface area contributed by atoms with Crippen molar-refractivity contribution in [2.45, 2.75) is 39.0 Å². The van der Waals surface area contributed by atoms with Crippen LogP contribution in [0.3, 0.4) is 0 Å². The summed E-state index contributed by atoms with van der Waals surface area (Å²) < 4.78 is 0. The highest BCUT2D eigenvalue weighted by Gasteiger charge is 2.26. The molecule has 0 aliphatic carbocycles. The maximum atomic E-state index is 11.5. The zero-order valence-electron chi connectivity index (χ0n) is 9.73. The number of hydrogen-bond acceptors (Lipinski definition) is 5. The number of amides is 1. The van der Waals surface area contributed by atoms with Gasteiger partial charge in [0.1, 0.15) is 0 Å². The van der Waals surface area contributed by atoms with Crippen molar-refractivity contribution < 1.29 is 24.7 Å².